The summed E-state index contributed by atoms with van der Waals surface area (Å²) in [4.78, 5) is 19.1. The maximum atomic E-state index is 12.7. The first-order valence-electron chi connectivity index (χ1n) is 10.4. The van der Waals surface area contributed by atoms with E-state index in [1.807, 2.05) is 14.1 Å². The fraction of sp³-hybridized carbons (Fsp3) is 0.900. The van der Waals surface area contributed by atoms with Gasteiger partial charge in [-0.25, -0.2) is 0 Å². The first-order chi connectivity index (χ1) is 12.6. The Balaban J connectivity index is 1.79. The van der Waals surface area contributed by atoms with E-state index in [0.717, 1.165) is 57.8 Å². The molecule has 0 atom stereocenters. The van der Waals surface area contributed by atoms with E-state index < -0.39 is 0 Å². The lowest BCUT2D eigenvalue weighted by atomic mass is 9.85. The van der Waals surface area contributed by atoms with Gasteiger partial charge in [-0.05, 0) is 39.0 Å². The van der Waals surface area contributed by atoms with Gasteiger partial charge in [0.1, 0.15) is 0 Å². The molecule has 2 fully saturated rings. The number of rotatable bonds is 9. The van der Waals surface area contributed by atoms with Crippen LogP contribution in [0.3, 0.4) is 0 Å². The van der Waals surface area contributed by atoms with Crippen LogP contribution in [0, 0.1) is 5.41 Å². The number of carbonyl (C=O) groups is 1. The minimum absolute atomic E-state index is 0.222. The second-order valence-corrected chi connectivity index (χ2v) is 7.94. The Kier molecular flexibility index (Phi) is 8.69. The van der Waals surface area contributed by atoms with Gasteiger partial charge in [0.25, 0.3) is 0 Å². The van der Waals surface area contributed by atoms with Crippen molar-refractivity contribution in [2.75, 3.05) is 40.3 Å². The molecule has 0 unspecified atom stereocenters. The molecule has 26 heavy (non-hydrogen) atoms. The summed E-state index contributed by atoms with van der Waals surface area (Å²) in [6.45, 7) is 5.10. The molecule has 0 heterocycles. The third-order valence-corrected chi connectivity index (χ3v) is 5.57. The lowest BCUT2D eigenvalue weighted by Crippen LogP contribution is -2.43. The number of hydrogen-bond donors (Lipinski definition) is 2. The smallest absolute Gasteiger partial charge is 0.230 e. The van der Waals surface area contributed by atoms with Gasteiger partial charge in [0.05, 0.1) is 18.1 Å². The second-order valence-electron chi connectivity index (χ2n) is 7.94. The molecule has 2 saturated carbocycles. The first kappa shape index (κ1) is 21.0. The normalized spacial score (nSPS) is 20.3. The van der Waals surface area contributed by atoms with Gasteiger partial charge < -0.3 is 20.3 Å². The molecule has 6 heteroatoms. The summed E-state index contributed by atoms with van der Waals surface area (Å²) in [6.07, 6.45) is 10.7. The molecule has 0 aromatic rings. The highest BCUT2D eigenvalue weighted by Crippen LogP contribution is 2.39. The molecule has 0 radical (unpaired) electrons. The molecule has 0 aromatic heterocycles. The van der Waals surface area contributed by atoms with E-state index in [1.54, 1.807) is 4.90 Å². The fourth-order valence-corrected chi connectivity index (χ4v) is 4.12. The van der Waals surface area contributed by atoms with Crippen molar-refractivity contribution in [2.45, 2.75) is 70.8 Å². The molecule has 0 spiro atoms. The standard InChI is InChI=1S/C20H38N4O2/c1-4-21-19(22-14-9-15-26-17-10-5-6-11-17)23-16-20(12-7-8-13-20)18(25)24(2)3/h17H,4-16H2,1-3H3,(H2,21,22,23). The SMILES string of the molecule is CCNC(=NCC1(C(=O)N(C)C)CCCC1)NCCCOC1CCCC1. The molecule has 0 aliphatic heterocycles. The number of nitrogens with zero attached hydrogens (tertiary/aromatic N) is 2. The second kappa shape index (κ2) is 10.8. The van der Waals surface area contributed by atoms with Gasteiger partial charge in [-0.2, -0.15) is 0 Å². The van der Waals surface area contributed by atoms with Crippen LogP contribution in [0.2, 0.25) is 0 Å². The van der Waals surface area contributed by atoms with Crippen LogP contribution in [0.25, 0.3) is 0 Å². The third kappa shape index (κ3) is 6.15. The van der Waals surface area contributed by atoms with Crippen molar-refractivity contribution in [1.82, 2.24) is 15.5 Å². The van der Waals surface area contributed by atoms with Gasteiger partial charge in [0.15, 0.2) is 5.96 Å². The lowest BCUT2D eigenvalue weighted by molar-refractivity contribution is -0.138. The number of carbonyl (C=O) groups excluding carboxylic acids is 1. The fourth-order valence-electron chi connectivity index (χ4n) is 4.12. The summed E-state index contributed by atoms with van der Waals surface area (Å²) in [5.74, 6) is 1.03. The predicted molar refractivity (Wildman–Crippen MR) is 106 cm³/mol. The molecular weight excluding hydrogens is 328 g/mol. The van der Waals surface area contributed by atoms with E-state index in [0.29, 0.717) is 12.6 Å². The highest BCUT2D eigenvalue weighted by atomic mass is 16.5. The number of hydrogen-bond acceptors (Lipinski definition) is 3. The van der Waals surface area contributed by atoms with Gasteiger partial charge >= 0.3 is 0 Å². The number of nitrogens with one attached hydrogen (secondary N) is 2. The van der Waals surface area contributed by atoms with Crippen molar-refractivity contribution in [3.8, 4) is 0 Å². The maximum absolute atomic E-state index is 12.7. The molecule has 2 rings (SSSR count). The van der Waals surface area contributed by atoms with Crippen LogP contribution in [0.4, 0.5) is 0 Å². The van der Waals surface area contributed by atoms with Crippen LogP contribution >= 0.6 is 0 Å². The van der Waals surface area contributed by atoms with Gasteiger partial charge in [0.2, 0.25) is 5.91 Å². The average molecular weight is 367 g/mol. The van der Waals surface area contributed by atoms with Crippen LogP contribution < -0.4 is 10.6 Å². The van der Waals surface area contributed by atoms with Crippen LogP contribution in [-0.4, -0.2) is 63.2 Å². The molecule has 1 amide bonds. The highest BCUT2D eigenvalue weighted by molar-refractivity contribution is 5.84. The van der Waals surface area contributed by atoms with E-state index in [4.69, 9.17) is 9.73 Å². The zero-order valence-electron chi connectivity index (χ0n) is 17.0. The van der Waals surface area contributed by atoms with E-state index in [9.17, 15) is 4.79 Å². The highest BCUT2D eigenvalue weighted by Gasteiger charge is 2.42. The van der Waals surface area contributed by atoms with Crippen LogP contribution in [0.5, 0.6) is 0 Å². The quantitative estimate of drug-likeness (QED) is 0.374. The molecule has 0 saturated heterocycles. The summed E-state index contributed by atoms with van der Waals surface area (Å²) < 4.78 is 5.91. The lowest BCUT2D eigenvalue weighted by Gasteiger charge is -2.29. The van der Waals surface area contributed by atoms with Gasteiger partial charge in [-0.15, -0.1) is 0 Å². The number of amides is 1. The molecule has 150 valence electrons. The van der Waals surface area contributed by atoms with E-state index in [2.05, 4.69) is 17.6 Å². The molecular formula is C20H38N4O2. The summed E-state index contributed by atoms with van der Waals surface area (Å²) in [5.41, 5.74) is -0.308. The minimum Gasteiger partial charge on any atom is -0.378 e. The van der Waals surface area contributed by atoms with Crippen molar-refractivity contribution in [2.24, 2.45) is 10.4 Å². The Morgan fingerprint density at radius 1 is 1.15 bits per heavy atom. The Morgan fingerprint density at radius 3 is 2.46 bits per heavy atom. The van der Waals surface area contributed by atoms with Gasteiger partial charge in [-0.1, -0.05) is 25.7 Å². The Morgan fingerprint density at radius 2 is 1.85 bits per heavy atom. The van der Waals surface area contributed by atoms with Crippen LogP contribution in [0.15, 0.2) is 4.99 Å². The van der Waals surface area contributed by atoms with Gasteiger partial charge in [-0.3, -0.25) is 9.79 Å². The Bertz CT molecular complexity index is 453. The summed E-state index contributed by atoms with van der Waals surface area (Å²) in [7, 11) is 3.69. The van der Waals surface area contributed by atoms with E-state index >= 15 is 0 Å². The molecule has 2 aliphatic carbocycles. The summed E-state index contributed by atoms with van der Waals surface area (Å²) in [6, 6.07) is 0. The van der Waals surface area contributed by atoms with Gasteiger partial charge in [0, 0.05) is 33.8 Å². The molecule has 2 aliphatic rings. The van der Waals surface area contributed by atoms with Crippen molar-refractivity contribution < 1.29 is 9.53 Å². The molecule has 2 N–H and O–H groups in total. The third-order valence-electron chi connectivity index (χ3n) is 5.57. The van der Waals surface area contributed by atoms with Crippen molar-refractivity contribution >= 4 is 11.9 Å². The Hall–Kier alpha value is -1.30. The summed E-state index contributed by atoms with van der Waals surface area (Å²) >= 11 is 0. The maximum Gasteiger partial charge on any atom is 0.230 e. The van der Waals surface area contributed by atoms with Crippen LogP contribution in [-0.2, 0) is 9.53 Å². The van der Waals surface area contributed by atoms with Crippen LogP contribution in [0.1, 0.15) is 64.7 Å². The van der Waals surface area contributed by atoms with E-state index in [-0.39, 0.29) is 11.3 Å². The average Bonchev–Trinajstić information content (AvgIpc) is 3.31. The zero-order valence-corrected chi connectivity index (χ0v) is 17.0. The van der Waals surface area contributed by atoms with E-state index in [1.165, 1.54) is 25.7 Å². The van der Waals surface area contributed by atoms with Crippen molar-refractivity contribution in [3.63, 3.8) is 0 Å². The minimum atomic E-state index is -0.308. The van der Waals surface area contributed by atoms with Crippen molar-refractivity contribution in [3.05, 3.63) is 0 Å². The summed E-state index contributed by atoms with van der Waals surface area (Å²) in [5, 5.41) is 6.69. The number of aliphatic imine (C=N–C) groups is 1. The first-order valence-corrected chi connectivity index (χ1v) is 10.4. The largest absolute Gasteiger partial charge is 0.378 e. The number of ether oxygens (including phenoxy) is 1. The monoisotopic (exact) mass is 366 g/mol. The zero-order chi connectivity index (χ0) is 18.8. The molecule has 0 bridgehead atoms. The topological polar surface area (TPSA) is 66.0 Å². The Labute approximate surface area is 159 Å². The molecule has 0 aromatic carbocycles. The predicted octanol–water partition coefficient (Wildman–Crippen LogP) is 2.54. The van der Waals surface area contributed by atoms with Crippen molar-refractivity contribution in [1.29, 1.82) is 0 Å². The number of guanidine groups is 1. The molecule has 6 nitrogen and oxygen atoms in total.